The van der Waals surface area contributed by atoms with E-state index in [4.69, 9.17) is 4.42 Å². The van der Waals surface area contributed by atoms with Gasteiger partial charge in [-0.1, -0.05) is 133 Å². The van der Waals surface area contributed by atoms with Gasteiger partial charge in [0.25, 0.3) is 0 Å². The summed E-state index contributed by atoms with van der Waals surface area (Å²) in [4.78, 5) is 2.39. The lowest BCUT2D eigenvalue weighted by molar-refractivity contribution is 0.673. The monoisotopic (exact) mass is 611 g/mol. The summed E-state index contributed by atoms with van der Waals surface area (Å²) < 4.78 is 6.69. The molecule has 0 aliphatic heterocycles. The van der Waals surface area contributed by atoms with Crippen LogP contribution in [-0.2, 0) is 0 Å². The molecule has 10 aromatic rings. The van der Waals surface area contributed by atoms with Crippen molar-refractivity contribution in [3.05, 3.63) is 176 Å². The summed E-state index contributed by atoms with van der Waals surface area (Å²) in [6.45, 7) is 0. The van der Waals surface area contributed by atoms with Gasteiger partial charge in [-0.15, -0.1) is 0 Å². The first-order valence-electron chi connectivity index (χ1n) is 16.4. The number of fused-ring (bicyclic) bond motifs is 10. The smallest absolute Gasteiger partial charge is 0.143 e. The predicted molar refractivity (Wildman–Crippen MR) is 204 cm³/mol. The molecular weight excluding hydrogens is 583 g/mol. The van der Waals surface area contributed by atoms with Gasteiger partial charge in [-0.2, -0.15) is 0 Å². The molecule has 0 unspecified atom stereocenters. The van der Waals surface area contributed by atoms with E-state index in [9.17, 15) is 0 Å². The molecule has 0 N–H and O–H groups in total. The molecule has 2 nitrogen and oxygen atoms in total. The summed E-state index contributed by atoms with van der Waals surface area (Å²) in [5.74, 6) is 0. The van der Waals surface area contributed by atoms with Crippen molar-refractivity contribution >= 4 is 82.1 Å². The standard InChI is InChI=1S/C46H29NO/c1-2-10-30(11-3-1)34-14-8-15-35(28-34)47(36-24-27-40-42-26-22-32-13-5-7-17-38(32)46(42)48-44(40)29-36)43-19-9-18-41-39(43)25-23-33-21-20-31-12-4-6-16-37(31)45(33)41/h1-29H. The molecule has 1 heterocycles. The molecule has 0 radical (unpaired) electrons. The van der Waals surface area contributed by atoms with Gasteiger partial charge in [-0.25, -0.2) is 0 Å². The van der Waals surface area contributed by atoms with Crippen LogP contribution in [0, 0.1) is 0 Å². The van der Waals surface area contributed by atoms with Crippen molar-refractivity contribution < 1.29 is 4.42 Å². The van der Waals surface area contributed by atoms with E-state index in [0.717, 1.165) is 44.4 Å². The molecule has 9 aromatic carbocycles. The number of furan rings is 1. The van der Waals surface area contributed by atoms with E-state index in [1.54, 1.807) is 0 Å². The number of nitrogens with zero attached hydrogens (tertiary/aromatic N) is 1. The van der Waals surface area contributed by atoms with Crippen LogP contribution in [0.25, 0.3) is 76.2 Å². The van der Waals surface area contributed by atoms with E-state index in [0.29, 0.717) is 0 Å². The Kier molecular flexibility index (Phi) is 5.91. The average Bonchev–Trinajstić information content (AvgIpc) is 3.54. The van der Waals surface area contributed by atoms with Crippen LogP contribution >= 0.6 is 0 Å². The average molecular weight is 612 g/mol. The fourth-order valence-electron chi connectivity index (χ4n) is 7.56. The zero-order valence-electron chi connectivity index (χ0n) is 26.1. The third-order valence-electron chi connectivity index (χ3n) is 9.80. The van der Waals surface area contributed by atoms with Crippen molar-refractivity contribution in [1.82, 2.24) is 0 Å². The third-order valence-corrected chi connectivity index (χ3v) is 9.80. The third kappa shape index (κ3) is 4.13. The number of benzene rings is 9. The minimum Gasteiger partial charge on any atom is -0.455 e. The maximum atomic E-state index is 6.69. The van der Waals surface area contributed by atoms with Gasteiger partial charge in [0.15, 0.2) is 0 Å². The van der Waals surface area contributed by atoms with Crippen LogP contribution in [-0.4, -0.2) is 0 Å². The number of rotatable bonds is 4. The van der Waals surface area contributed by atoms with Gasteiger partial charge < -0.3 is 9.32 Å². The molecule has 0 saturated heterocycles. The SMILES string of the molecule is c1ccc(-c2cccc(N(c3ccc4c(c3)oc3c5ccccc5ccc43)c3cccc4c3ccc3ccc5ccccc5c34)c2)cc1. The van der Waals surface area contributed by atoms with Crippen LogP contribution in [0.3, 0.4) is 0 Å². The summed E-state index contributed by atoms with van der Waals surface area (Å²) in [6, 6.07) is 63.3. The van der Waals surface area contributed by atoms with E-state index in [1.807, 2.05) is 0 Å². The van der Waals surface area contributed by atoms with Gasteiger partial charge in [0.1, 0.15) is 11.2 Å². The Bertz CT molecular complexity index is 2850. The van der Waals surface area contributed by atoms with Crippen molar-refractivity contribution in [3.63, 3.8) is 0 Å². The first-order valence-corrected chi connectivity index (χ1v) is 16.4. The Hall–Kier alpha value is -6.38. The normalized spacial score (nSPS) is 11.8. The molecule has 0 aliphatic carbocycles. The molecule has 2 heteroatoms. The van der Waals surface area contributed by atoms with Crippen LogP contribution in [0.1, 0.15) is 0 Å². The summed E-state index contributed by atoms with van der Waals surface area (Å²) in [7, 11) is 0. The van der Waals surface area contributed by atoms with Crippen molar-refractivity contribution in [2.24, 2.45) is 0 Å². The molecule has 0 atom stereocenters. The fourth-order valence-corrected chi connectivity index (χ4v) is 7.56. The first-order chi connectivity index (χ1) is 23.8. The van der Waals surface area contributed by atoms with Gasteiger partial charge in [0.2, 0.25) is 0 Å². The van der Waals surface area contributed by atoms with E-state index in [2.05, 4.69) is 181 Å². The van der Waals surface area contributed by atoms with E-state index >= 15 is 0 Å². The zero-order valence-corrected chi connectivity index (χ0v) is 26.1. The Balaban J connectivity index is 1.25. The largest absolute Gasteiger partial charge is 0.455 e. The molecule has 0 spiro atoms. The highest BCUT2D eigenvalue weighted by atomic mass is 16.3. The van der Waals surface area contributed by atoms with Crippen molar-refractivity contribution in [2.45, 2.75) is 0 Å². The second-order valence-corrected chi connectivity index (χ2v) is 12.5. The molecular formula is C46H29NO. The summed E-state index contributed by atoms with van der Waals surface area (Å²) in [6.07, 6.45) is 0. The van der Waals surface area contributed by atoms with Gasteiger partial charge in [-0.05, 0) is 79.8 Å². The highest BCUT2D eigenvalue weighted by Gasteiger charge is 2.20. The number of hydrogen-bond donors (Lipinski definition) is 0. The van der Waals surface area contributed by atoms with Gasteiger partial charge in [-0.3, -0.25) is 0 Å². The van der Waals surface area contributed by atoms with E-state index in [-0.39, 0.29) is 0 Å². The van der Waals surface area contributed by atoms with Crippen LogP contribution in [0.2, 0.25) is 0 Å². The van der Waals surface area contributed by atoms with Crippen LogP contribution < -0.4 is 4.90 Å². The summed E-state index contributed by atoms with van der Waals surface area (Å²) in [5, 5.41) is 12.0. The molecule has 0 amide bonds. The first kappa shape index (κ1) is 26.8. The molecule has 0 saturated carbocycles. The van der Waals surface area contributed by atoms with Crippen molar-refractivity contribution in [2.75, 3.05) is 4.90 Å². The number of hydrogen-bond acceptors (Lipinski definition) is 2. The lowest BCUT2D eigenvalue weighted by atomic mass is 9.95. The van der Waals surface area contributed by atoms with Crippen LogP contribution in [0.15, 0.2) is 180 Å². The van der Waals surface area contributed by atoms with Crippen LogP contribution in [0.5, 0.6) is 0 Å². The van der Waals surface area contributed by atoms with Crippen molar-refractivity contribution in [3.8, 4) is 11.1 Å². The molecule has 10 rings (SSSR count). The topological polar surface area (TPSA) is 16.4 Å². The minimum atomic E-state index is 0.875. The van der Waals surface area contributed by atoms with Gasteiger partial charge in [0.05, 0.1) is 5.69 Å². The molecule has 0 bridgehead atoms. The molecule has 48 heavy (non-hydrogen) atoms. The fraction of sp³-hybridized carbons (Fsp3) is 0. The Morgan fingerprint density at radius 1 is 0.354 bits per heavy atom. The maximum absolute atomic E-state index is 6.69. The molecule has 1 aromatic heterocycles. The second kappa shape index (κ2) is 10.6. The van der Waals surface area contributed by atoms with E-state index < -0.39 is 0 Å². The lowest BCUT2D eigenvalue weighted by Gasteiger charge is -2.27. The highest BCUT2D eigenvalue weighted by Crippen LogP contribution is 2.44. The van der Waals surface area contributed by atoms with Crippen molar-refractivity contribution in [1.29, 1.82) is 0 Å². The number of anilines is 3. The van der Waals surface area contributed by atoms with Crippen LogP contribution in [0.4, 0.5) is 17.1 Å². The minimum absolute atomic E-state index is 0.875. The zero-order chi connectivity index (χ0) is 31.6. The molecule has 224 valence electrons. The lowest BCUT2D eigenvalue weighted by Crippen LogP contribution is -2.10. The highest BCUT2D eigenvalue weighted by molar-refractivity contribution is 6.22. The summed E-state index contributed by atoms with van der Waals surface area (Å²) >= 11 is 0. The Morgan fingerprint density at radius 2 is 0.979 bits per heavy atom. The van der Waals surface area contributed by atoms with Gasteiger partial charge in [0, 0.05) is 39.0 Å². The summed E-state index contributed by atoms with van der Waals surface area (Å²) in [5.41, 5.74) is 7.42. The van der Waals surface area contributed by atoms with E-state index in [1.165, 1.54) is 48.8 Å². The predicted octanol–water partition coefficient (Wildman–Crippen LogP) is 13.3. The Labute approximate surface area is 277 Å². The van der Waals surface area contributed by atoms with Gasteiger partial charge >= 0.3 is 0 Å². The second-order valence-electron chi connectivity index (χ2n) is 12.5. The molecule has 0 fully saturated rings. The quantitative estimate of drug-likeness (QED) is 0.184. The Morgan fingerprint density at radius 3 is 1.88 bits per heavy atom. The maximum Gasteiger partial charge on any atom is 0.143 e. The molecule has 0 aliphatic rings.